The highest BCUT2D eigenvalue weighted by Crippen LogP contribution is 2.18. The van der Waals surface area contributed by atoms with Crippen LogP contribution in [-0.2, 0) is 16.6 Å². The monoisotopic (exact) mass is 364 g/mol. The van der Waals surface area contributed by atoms with Crippen LogP contribution in [0.2, 0.25) is 0 Å². The van der Waals surface area contributed by atoms with Crippen LogP contribution in [-0.4, -0.2) is 76.7 Å². The molecule has 2 heterocycles. The summed E-state index contributed by atoms with van der Waals surface area (Å²) in [6, 6.07) is 0.215. The summed E-state index contributed by atoms with van der Waals surface area (Å²) in [6.07, 6.45) is 0.935. The zero-order chi connectivity index (χ0) is 19.3. The number of hydrogen-bond acceptors (Lipinski definition) is 5. The molecule has 1 saturated heterocycles. The molecule has 2 rings (SSSR count). The van der Waals surface area contributed by atoms with Crippen molar-refractivity contribution < 1.29 is 9.59 Å². The molecule has 0 aliphatic carbocycles. The Morgan fingerprint density at radius 1 is 1.08 bits per heavy atom. The van der Waals surface area contributed by atoms with Crippen LogP contribution in [0.25, 0.3) is 0 Å². The molecule has 1 atom stereocenters. The van der Waals surface area contributed by atoms with Gasteiger partial charge in [-0.05, 0) is 27.2 Å². The van der Waals surface area contributed by atoms with Gasteiger partial charge in [0.2, 0.25) is 11.8 Å². The minimum atomic E-state index is -0.0211. The normalized spacial score (nSPS) is 17.1. The van der Waals surface area contributed by atoms with Crippen LogP contribution in [0.5, 0.6) is 0 Å². The maximum atomic E-state index is 12.3. The zero-order valence-corrected chi connectivity index (χ0v) is 16.6. The van der Waals surface area contributed by atoms with Gasteiger partial charge in [-0.25, -0.2) is 0 Å². The summed E-state index contributed by atoms with van der Waals surface area (Å²) < 4.78 is 1.77. The Kier molecular flexibility index (Phi) is 7.16. The van der Waals surface area contributed by atoms with E-state index in [1.165, 1.54) is 0 Å². The third-order valence-corrected chi connectivity index (χ3v) is 4.99. The van der Waals surface area contributed by atoms with E-state index in [4.69, 9.17) is 0 Å². The van der Waals surface area contributed by atoms with Crippen molar-refractivity contribution in [2.24, 2.45) is 7.05 Å². The molecule has 1 aliphatic heterocycles. The van der Waals surface area contributed by atoms with Crippen LogP contribution < -0.4 is 10.6 Å². The van der Waals surface area contributed by atoms with Crippen molar-refractivity contribution in [3.05, 3.63) is 11.4 Å². The molecule has 146 valence electrons. The molecule has 2 amide bonds. The molecule has 1 aromatic heterocycles. The van der Waals surface area contributed by atoms with Gasteiger partial charge in [0.1, 0.15) is 0 Å². The molecule has 0 aromatic carbocycles. The predicted octanol–water partition coefficient (Wildman–Crippen LogP) is 0.508. The van der Waals surface area contributed by atoms with E-state index >= 15 is 0 Å². The summed E-state index contributed by atoms with van der Waals surface area (Å²) in [5.74, 6) is 0.0558. The summed E-state index contributed by atoms with van der Waals surface area (Å²) >= 11 is 0. The Morgan fingerprint density at radius 2 is 1.62 bits per heavy atom. The third-order valence-electron chi connectivity index (χ3n) is 4.99. The van der Waals surface area contributed by atoms with E-state index in [0.29, 0.717) is 13.1 Å². The Bertz CT molecular complexity index is 634. The van der Waals surface area contributed by atoms with Crippen LogP contribution >= 0.6 is 0 Å². The van der Waals surface area contributed by atoms with Crippen molar-refractivity contribution in [1.29, 1.82) is 0 Å². The number of nitrogens with zero attached hydrogens (tertiary/aromatic N) is 4. The molecule has 0 spiro atoms. The Hall–Kier alpha value is -1.93. The number of hydrogen-bond donors (Lipinski definition) is 2. The first-order chi connectivity index (χ1) is 12.3. The fourth-order valence-corrected chi connectivity index (χ4v) is 3.07. The van der Waals surface area contributed by atoms with Gasteiger partial charge in [-0.2, -0.15) is 5.10 Å². The van der Waals surface area contributed by atoms with Gasteiger partial charge in [-0.15, -0.1) is 0 Å². The molecule has 2 N–H and O–H groups in total. The third kappa shape index (κ3) is 5.54. The van der Waals surface area contributed by atoms with E-state index in [9.17, 15) is 9.59 Å². The molecule has 0 saturated carbocycles. The first-order valence-corrected chi connectivity index (χ1v) is 9.34. The van der Waals surface area contributed by atoms with Crippen LogP contribution in [0.15, 0.2) is 0 Å². The number of aromatic nitrogens is 2. The minimum Gasteiger partial charge on any atom is -0.353 e. The van der Waals surface area contributed by atoms with Crippen LogP contribution in [0.4, 0.5) is 5.69 Å². The molecule has 26 heavy (non-hydrogen) atoms. The van der Waals surface area contributed by atoms with Crippen LogP contribution in [0, 0.1) is 13.8 Å². The molecular formula is C18H32N6O2. The maximum Gasteiger partial charge on any atom is 0.238 e. The van der Waals surface area contributed by atoms with Crippen molar-refractivity contribution in [3.8, 4) is 0 Å². The fourth-order valence-electron chi connectivity index (χ4n) is 3.07. The molecular weight excluding hydrogens is 332 g/mol. The SMILES string of the molecule is CCC(C)NC(=O)CN1CCN(CC(=O)Nc2c(C)nn(C)c2C)CC1. The smallest absolute Gasteiger partial charge is 0.238 e. The van der Waals surface area contributed by atoms with Gasteiger partial charge in [0.25, 0.3) is 0 Å². The van der Waals surface area contributed by atoms with Crippen LogP contribution in [0.1, 0.15) is 31.7 Å². The molecule has 1 fully saturated rings. The van der Waals surface area contributed by atoms with Gasteiger partial charge in [0.05, 0.1) is 30.2 Å². The first kappa shape index (κ1) is 20.4. The molecule has 8 heteroatoms. The summed E-state index contributed by atoms with van der Waals surface area (Å²) in [7, 11) is 1.87. The van der Waals surface area contributed by atoms with Crippen molar-refractivity contribution >= 4 is 17.5 Å². The number of amides is 2. The van der Waals surface area contributed by atoms with Crippen molar-refractivity contribution in [2.45, 2.75) is 40.2 Å². The molecule has 0 radical (unpaired) electrons. The number of carbonyl (C=O) groups is 2. The average molecular weight is 364 g/mol. The van der Waals surface area contributed by atoms with Gasteiger partial charge in [0.15, 0.2) is 0 Å². The van der Waals surface area contributed by atoms with E-state index in [1.807, 2.05) is 27.8 Å². The summed E-state index contributed by atoms with van der Waals surface area (Å²) in [5.41, 5.74) is 2.58. The lowest BCUT2D eigenvalue weighted by Gasteiger charge is -2.34. The molecule has 8 nitrogen and oxygen atoms in total. The number of aryl methyl sites for hydroxylation is 2. The topological polar surface area (TPSA) is 82.5 Å². The Morgan fingerprint density at radius 3 is 2.08 bits per heavy atom. The summed E-state index contributed by atoms with van der Waals surface area (Å²) in [4.78, 5) is 28.6. The van der Waals surface area contributed by atoms with E-state index in [-0.39, 0.29) is 17.9 Å². The van der Waals surface area contributed by atoms with Crippen molar-refractivity contribution in [1.82, 2.24) is 24.9 Å². The van der Waals surface area contributed by atoms with E-state index in [0.717, 1.165) is 49.7 Å². The second-order valence-corrected chi connectivity index (χ2v) is 7.15. The fraction of sp³-hybridized carbons (Fsp3) is 0.722. The first-order valence-electron chi connectivity index (χ1n) is 9.34. The lowest BCUT2D eigenvalue weighted by molar-refractivity contribution is -0.124. The lowest BCUT2D eigenvalue weighted by Crippen LogP contribution is -2.51. The molecule has 1 aromatic rings. The van der Waals surface area contributed by atoms with Crippen LogP contribution in [0.3, 0.4) is 0 Å². The van der Waals surface area contributed by atoms with Gasteiger partial charge >= 0.3 is 0 Å². The standard InChI is InChI=1S/C18H32N6O2/c1-6-13(2)19-16(25)11-23-7-9-24(10-8-23)12-17(26)20-18-14(3)21-22(5)15(18)4/h13H,6-12H2,1-5H3,(H,19,25)(H,20,26). The second-order valence-electron chi connectivity index (χ2n) is 7.15. The van der Waals surface area contributed by atoms with Crippen molar-refractivity contribution in [3.63, 3.8) is 0 Å². The summed E-state index contributed by atoms with van der Waals surface area (Å²) in [5, 5.41) is 10.3. The van der Waals surface area contributed by atoms with Gasteiger partial charge in [0, 0.05) is 39.3 Å². The average Bonchev–Trinajstić information content (AvgIpc) is 2.82. The molecule has 0 bridgehead atoms. The van der Waals surface area contributed by atoms with Gasteiger partial charge < -0.3 is 10.6 Å². The number of anilines is 1. The highest BCUT2D eigenvalue weighted by Gasteiger charge is 2.21. The summed E-state index contributed by atoms with van der Waals surface area (Å²) in [6.45, 7) is 11.9. The highest BCUT2D eigenvalue weighted by molar-refractivity contribution is 5.93. The molecule has 1 unspecified atom stereocenters. The number of piperazine rings is 1. The van der Waals surface area contributed by atoms with E-state index in [2.05, 4.69) is 32.5 Å². The van der Waals surface area contributed by atoms with E-state index < -0.39 is 0 Å². The number of carbonyl (C=O) groups excluding carboxylic acids is 2. The number of nitrogens with one attached hydrogen (secondary N) is 2. The van der Waals surface area contributed by atoms with E-state index in [1.54, 1.807) is 4.68 Å². The number of rotatable bonds is 7. The highest BCUT2D eigenvalue weighted by atomic mass is 16.2. The molecule has 1 aliphatic rings. The zero-order valence-electron chi connectivity index (χ0n) is 16.6. The van der Waals surface area contributed by atoms with Crippen molar-refractivity contribution in [2.75, 3.05) is 44.6 Å². The quantitative estimate of drug-likeness (QED) is 0.737. The Balaban J connectivity index is 1.74. The lowest BCUT2D eigenvalue weighted by atomic mass is 10.2. The van der Waals surface area contributed by atoms with Gasteiger partial charge in [-0.1, -0.05) is 6.92 Å². The largest absolute Gasteiger partial charge is 0.353 e. The Labute approximate surface area is 155 Å². The maximum absolute atomic E-state index is 12.3. The second kappa shape index (κ2) is 9.14. The van der Waals surface area contributed by atoms with Gasteiger partial charge in [-0.3, -0.25) is 24.1 Å². The minimum absolute atomic E-state index is 0.0211. The predicted molar refractivity (Wildman–Crippen MR) is 102 cm³/mol.